The highest BCUT2D eigenvalue weighted by molar-refractivity contribution is 5.42. The van der Waals surface area contributed by atoms with E-state index in [1.165, 1.54) is 6.26 Å². The number of rotatable bonds is 5. The van der Waals surface area contributed by atoms with E-state index < -0.39 is 37.3 Å². The molecule has 0 aliphatic carbocycles. The maximum atomic E-state index is 10.1. The predicted molar refractivity (Wildman–Crippen MR) is 84.9 cm³/mol. The third-order valence-electron chi connectivity index (χ3n) is 4.20. The molecule has 0 spiro atoms. The predicted octanol–water partition coefficient (Wildman–Crippen LogP) is -0.247. The van der Waals surface area contributed by atoms with Crippen molar-refractivity contribution in [1.29, 1.82) is 0 Å². The second-order valence-corrected chi connectivity index (χ2v) is 5.98. The van der Waals surface area contributed by atoms with Gasteiger partial charge in [0.1, 0.15) is 36.4 Å². The van der Waals surface area contributed by atoms with Gasteiger partial charge >= 0.3 is 0 Å². The quantitative estimate of drug-likeness (QED) is 0.581. The first kappa shape index (κ1) is 17.8. The van der Waals surface area contributed by atoms with E-state index in [1.807, 2.05) is 25.1 Å². The van der Waals surface area contributed by atoms with Crippen LogP contribution >= 0.6 is 0 Å². The standard InChI is InChI=1S/C17H21NO7/c1-9-3-2-4-10(7-12-18-5-6-23-12)16(9)25-17-15(22)14(21)13(20)11(8-19)24-17/h2-6,11,13-15,17,19-22H,7-8H2,1H3/t11-,13-,14+,15-,17+/m1/s1. The Kier molecular flexibility index (Phi) is 5.36. The van der Waals surface area contributed by atoms with Crippen LogP contribution in [0.5, 0.6) is 5.75 Å². The second-order valence-electron chi connectivity index (χ2n) is 5.98. The van der Waals surface area contributed by atoms with Crippen molar-refractivity contribution >= 4 is 0 Å². The summed E-state index contributed by atoms with van der Waals surface area (Å²) < 4.78 is 16.5. The number of oxazole rings is 1. The van der Waals surface area contributed by atoms with Crippen LogP contribution in [0, 0.1) is 6.92 Å². The number of para-hydroxylation sites is 1. The highest BCUT2D eigenvalue weighted by atomic mass is 16.7. The number of hydrogen-bond acceptors (Lipinski definition) is 8. The van der Waals surface area contributed by atoms with Crippen LogP contribution in [0.3, 0.4) is 0 Å². The summed E-state index contributed by atoms with van der Waals surface area (Å²) in [7, 11) is 0. The van der Waals surface area contributed by atoms with Crippen molar-refractivity contribution in [2.75, 3.05) is 6.61 Å². The van der Waals surface area contributed by atoms with E-state index in [9.17, 15) is 20.4 Å². The average molecular weight is 351 g/mol. The molecule has 25 heavy (non-hydrogen) atoms. The van der Waals surface area contributed by atoms with Crippen LogP contribution in [0.4, 0.5) is 0 Å². The fraction of sp³-hybridized carbons (Fsp3) is 0.471. The van der Waals surface area contributed by atoms with Gasteiger partial charge < -0.3 is 34.3 Å². The van der Waals surface area contributed by atoms with Crippen molar-refractivity contribution in [1.82, 2.24) is 4.98 Å². The number of hydrogen-bond donors (Lipinski definition) is 4. The minimum absolute atomic E-state index is 0.376. The van der Waals surface area contributed by atoms with E-state index in [0.717, 1.165) is 11.1 Å². The molecule has 2 heterocycles. The maximum Gasteiger partial charge on any atom is 0.229 e. The van der Waals surface area contributed by atoms with E-state index in [4.69, 9.17) is 13.9 Å². The fourth-order valence-electron chi connectivity index (χ4n) is 2.81. The Balaban J connectivity index is 1.84. The van der Waals surface area contributed by atoms with Gasteiger partial charge in [-0.2, -0.15) is 0 Å². The number of ether oxygens (including phenoxy) is 2. The van der Waals surface area contributed by atoms with Crippen molar-refractivity contribution in [3.8, 4) is 5.75 Å². The molecule has 136 valence electrons. The van der Waals surface area contributed by atoms with E-state index >= 15 is 0 Å². The highest BCUT2D eigenvalue weighted by Crippen LogP contribution is 2.30. The van der Waals surface area contributed by atoms with Crippen LogP contribution in [0.2, 0.25) is 0 Å². The smallest absolute Gasteiger partial charge is 0.229 e. The third-order valence-corrected chi connectivity index (χ3v) is 4.20. The number of benzene rings is 1. The van der Waals surface area contributed by atoms with Gasteiger partial charge in [-0.15, -0.1) is 0 Å². The lowest BCUT2D eigenvalue weighted by Crippen LogP contribution is -2.60. The lowest BCUT2D eigenvalue weighted by atomic mass is 9.99. The molecule has 3 rings (SSSR count). The molecule has 0 unspecified atom stereocenters. The van der Waals surface area contributed by atoms with Gasteiger partial charge in [-0.05, 0) is 12.5 Å². The first-order valence-electron chi connectivity index (χ1n) is 7.95. The van der Waals surface area contributed by atoms with Gasteiger partial charge in [0.05, 0.1) is 19.2 Å². The summed E-state index contributed by atoms with van der Waals surface area (Å²) >= 11 is 0. The zero-order valence-electron chi connectivity index (χ0n) is 13.6. The zero-order valence-corrected chi connectivity index (χ0v) is 13.6. The Morgan fingerprint density at radius 1 is 1.16 bits per heavy atom. The van der Waals surface area contributed by atoms with E-state index in [0.29, 0.717) is 18.1 Å². The molecule has 8 nitrogen and oxygen atoms in total. The lowest BCUT2D eigenvalue weighted by Gasteiger charge is -2.40. The van der Waals surface area contributed by atoms with E-state index in [2.05, 4.69) is 4.98 Å². The van der Waals surface area contributed by atoms with Crippen LogP contribution in [-0.4, -0.2) is 62.7 Å². The van der Waals surface area contributed by atoms with Crippen LogP contribution < -0.4 is 4.74 Å². The van der Waals surface area contributed by atoms with Crippen LogP contribution in [-0.2, 0) is 11.2 Å². The molecule has 1 aliphatic rings. The zero-order chi connectivity index (χ0) is 18.0. The molecule has 1 aliphatic heterocycles. The first-order chi connectivity index (χ1) is 12.0. The fourth-order valence-corrected chi connectivity index (χ4v) is 2.81. The largest absolute Gasteiger partial charge is 0.461 e. The average Bonchev–Trinajstić information content (AvgIpc) is 3.11. The van der Waals surface area contributed by atoms with Crippen LogP contribution in [0.1, 0.15) is 17.0 Å². The Labute approximate surface area is 144 Å². The molecule has 4 N–H and O–H groups in total. The molecule has 2 aromatic rings. The van der Waals surface area contributed by atoms with Gasteiger partial charge in [0, 0.05) is 5.56 Å². The summed E-state index contributed by atoms with van der Waals surface area (Å²) in [5.74, 6) is 0.967. The topological polar surface area (TPSA) is 125 Å². The van der Waals surface area contributed by atoms with Crippen LogP contribution in [0.25, 0.3) is 0 Å². The molecule has 1 aromatic heterocycles. The van der Waals surface area contributed by atoms with Gasteiger partial charge in [-0.3, -0.25) is 0 Å². The number of nitrogens with zero attached hydrogens (tertiary/aromatic N) is 1. The summed E-state index contributed by atoms with van der Waals surface area (Å²) in [6.45, 7) is 1.32. The molecule has 5 atom stereocenters. The molecule has 1 saturated heterocycles. The Morgan fingerprint density at radius 3 is 2.64 bits per heavy atom. The minimum atomic E-state index is -1.49. The second kappa shape index (κ2) is 7.51. The SMILES string of the molecule is Cc1cccc(Cc2ncco2)c1O[C@@H]1O[C@H](CO)[C@@H](O)[C@H](O)[C@H]1O. The molecule has 0 amide bonds. The minimum Gasteiger partial charge on any atom is -0.461 e. The monoisotopic (exact) mass is 351 g/mol. The number of aromatic nitrogens is 1. The molecule has 8 heteroatoms. The number of aliphatic hydroxyl groups excluding tert-OH is 4. The molecular weight excluding hydrogens is 330 g/mol. The van der Waals surface area contributed by atoms with Crippen molar-refractivity contribution in [3.05, 3.63) is 47.7 Å². The normalized spacial score (nSPS) is 29.6. The third kappa shape index (κ3) is 3.68. The Hall–Kier alpha value is -1.97. The molecule has 0 saturated carbocycles. The van der Waals surface area contributed by atoms with E-state index in [-0.39, 0.29) is 0 Å². The van der Waals surface area contributed by atoms with Crippen molar-refractivity contribution in [2.45, 2.75) is 44.1 Å². The highest BCUT2D eigenvalue weighted by Gasteiger charge is 2.45. The van der Waals surface area contributed by atoms with Crippen molar-refractivity contribution in [3.63, 3.8) is 0 Å². The van der Waals surface area contributed by atoms with Gasteiger partial charge in [0.2, 0.25) is 6.29 Å². The molecule has 0 bridgehead atoms. The van der Waals surface area contributed by atoms with Crippen molar-refractivity contribution < 1.29 is 34.3 Å². The molecule has 1 fully saturated rings. The summed E-state index contributed by atoms with van der Waals surface area (Å²) in [5.41, 5.74) is 1.56. The summed E-state index contributed by atoms with van der Waals surface area (Å²) in [6.07, 6.45) is -3.25. The number of aliphatic hydroxyl groups is 4. The summed E-state index contributed by atoms with van der Waals surface area (Å²) in [6, 6.07) is 5.52. The maximum absolute atomic E-state index is 10.1. The number of aryl methyl sites for hydroxylation is 1. The first-order valence-corrected chi connectivity index (χ1v) is 7.95. The Bertz CT molecular complexity index is 688. The molecular formula is C17H21NO7. The van der Waals surface area contributed by atoms with Crippen LogP contribution in [0.15, 0.2) is 35.1 Å². The van der Waals surface area contributed by atoms with Crippen molar-refractivity contribution in [2.24, 2.45) is 0 Å². The lowest BCUT2D eigenvalue weighted by molar-refractivity contribution is -0.277. The van der Waals surface area contributed by atoms with Gasteiger partial charge in [0.15, 0.2) is 5.89 Å². The Morgan fingerprint density at radius 2 is 1.96 bits per heavy atom. The van der Waals surface area contributed by atoms with E-state index in [1.54, 1.807) is 6.20 Å². The summed E-state index contributed by atoms with van der Waals surface area (Å²) in [4.78, 5) is 4.08. The van der Waals surface area contributed by atoms with Gasteiger partial charge in [0.25, 0.3) is 0 Å². The summed E-state index contributed by atoms with van der Waals surface area (Å²) in [5, 5.41) is 39.2. The van der Waals surface area contributed by atoms with Gasteiger partial charge in [-0.25, -0.2) is 4.98 Å². The molecule has 0 radical (unpaired) electrons. The molecule has 1 aromatic carbocycles. The van der Waals surface area contributed by atoms with Gasteiger partial charge in [-0.1, -0.05) is 18.2 Å².